The van der Waals surface area contributed by atoms with Crippen LogP contribution in [0, 0.1) is 13.8 Å². The van der Waals surface area contributed by atoms with Gasteiger partial charge in [0.2, 0.25) is 0 Å². The summed E-state index contributed by atoms with van der Waals surface area (Å²) in [6.07, 6.45) is 0.533. The zero-order valence-corrected chi connectivity index (χ0v) is 13.7. The van der Waals surface area contributed by atoms with E-state index in [1.165, 1.54) is 0 Å². The highest BCUT2D eigenvalue weighted by molar-refractivity contribution is 5.55. The zero-order chi connectivity index (χ0) is 16.3. The van der Waals surface area contributed by atoms with Gasteiger partial charge in [-0.2, -0.15) is 0 Å². The van der Waals surface area contributed by atoms with Gasteiger partial charge in [-0.05, 0) is 37.1 Å². The average molecular weight is 302 g/mol. The lowest BCUT2D eigenvalue weighted by Crippen LogP contribution is -1.99. The summed E-state index contributed by atoms with van der Waals surface area (Å²) < 4.78 is 16.1. The molecule has 4 nitrogen and oxygen atoms in total. The molecule has 0 aromatic heterocycles. The Labute approximate surface area is 131 Å². The summed E-state index contributed by atoms with van der Waals surface area (Å²) in [4.78, 5) is 0. The van der Waals surface area contributed by atoms with Crippen LogP contribution < -0.4 is 14.2 Å². The molecule has 0 amide bonds. The molecule has 0 aliphatic rings. The van der Waals surface area contributed by atoms with E-state index in [4.69, 9.17) is 14.2 Å². The van der Waals surface area contributed by atoms with Crippen LogP contribution in [0.5, 0.6) is 23.0 Å². The highest BCUT2D eigenvalue weighted by atomic mass is 16.5. The molecule has 0 heterocycles. The molecule has 22 heavy (non-hydrogen) atoms. The molecule has 2 aromatic carbocycles. The van der Waals surface area contributed by atoms with E-state index < -0.39 is 0 Å². The number of hydrogen-bond acceptors (Lipinski definition) is 4. The van der Waals surface area contributed by atoms with Crippen molar-refractivity contribution in [3.8, 4) is 23.0 Å². The molecular formula is C18H22O4. The molecule has 0 unspecified atom stereocenters. The highest BCUT2D eigenvalue weighted by Crippen LogP contribution is 2.37. The second kappa shape index (κ2) is 6.60. The fraction of sp³-hybridized carbons (Fsp3) is 0.333. The lowest BCUT2D eigenvalue weighted by Gasteiger charge is -2.16. The van der Waals surface area contributed by atoms with Gasteiger partial charge in [-0.1, -0.05) is 12.1 Å². The predicted molar refractivity (Wildman–Crippen MR) is 86.5 cm³/mol. The number of phenols is 1. The van der Waals surface area contributed by atoms with Gasteiger partial charge in [0, 0.05) is 17.5 Å². The second-order valence-corrected chi connectivity index (χ2v) is 5.31. The van der Waals surface area contributed by atoms with Crippen molar-refractivity contribution in [2.24, 2.45) is 0 Å². The fourth-order valence-electron chi connectivity index (χ4n) is 2.64. The quantitative estimate of drug-likeness (QED) is 0.916. The number of rotatable bonds is 5. The van der Waals surface area contributed by atoms with Crippen molar-refractivity contribution < 1.29 is 19.3 Å². The van der Waals surface area contributed by atoms with Crippen LogP contribution in [0.2, 0.25) is 0 Å². The van der Waals surface area contributed by atoms with Gasteiger partial charge in [0.15, 0.2) is 23.0 Å². The summed E-state index contributed by atoms with van der Waals surface area (Å²) in [7, 11) is 4.79. The SMILES string of the molecule is COc1cc(C)cc(Cc2cc(C)cc(OC)c2OC)c1O. The van der Waals surface area contributed by atoms with Gasteiger partial charge in [0.25, 0.3) is 0 Å². The molecule has 2 rings (SSSR count). The van der Waals surface area contributed by atoms with Crippen LogP contribution in [0.15, 0.2) is 24.3 Å². The Hall–Kier alpha value is -2.36. The van der Waals surface area contributed by atoms with Gasteiger partial charge < -0.3 is 19.3 Å². The molecule has 1 N–H and O–H groups in total. The van der Waals surface area contributed by atoms with Crippen molar-refractivity contribution in [1.82, 2.24) is 0 Å². The Morgan fingerprint density at radius 2 is 1.32 bits per heavy atom. The number of aromatic hydroxyl groups is 1. The maximum atomic E-state index is 10.3. The van der Waals surface area contributed by atoms with Crippen molar-refractivity contribution in [3.63, 3.8) is 0 Å². The van der Waals surface area contributed by atoms with Gasteiger partial charge in [-0.25, -0.2) is 0 Å². The highest BCUT2D eigenvalue weighted by Gasteiger charge is 2.15. The number of aryl methyl sites for hydroxylation is 2. The molecule has 118 valence electrons. The number of benzene rings is 2. The van der Waals surface area contributed by atoms with Gasteiger partial charge >= 0.3 is 0 Å². The number of ether oxygens (including phenoxy) is 3. The first-order valence-electron chi connectivity index (χ1n) is 7.08. The van der Waals surface area contributed by atoms with E-state index in [9.17, 15) is 5.11 Å². The number of phenolic OH excluding ortho intramolecular Hbond substituents is 1. The maximum Gasteiger partial charge on any atom is 0.164 e. The van der Waals surface area contributed by atoms with Crippen LogP contribution in [0.25, 0.3) is 0 Å². The van der Waals surface area contributed by atoms with E-state index in [0.717, 1.165) is 22.3 Å². The average Bonchev–Trinajstić information content (AvgIpc) is 2.49. The fourth-order valence-corrected chi connectivity index (χ4v) is 2.64. The van der Waals surface area contributed by atoms with E-state index in [1.807, 2.05) is 38.1 Å². The van der Waals surface area contributed by atoms with Crippen LogP contribution >= 0.6 is 0 Å². The topological polar surface area (TPSA) is 47.9 Å². The van der Waals surface area contributed by atoms with Crippen molar-refractivity contribution in [1.29, 1.82) is 0 Å². The summed E-state index contributed by atoms with van der Waals surface area (Å²) in [6.45, 7) is 3.97. The molecule has 0 fully saturated rings. The first kappa shape index (κ1) is 16.0. The Kier molecular flexibility index (Phi) is 4.81. The van der Waals surface area contributed by atoms with Crippen molar-refractivity contribution >= 4 is 0 Å². The minimum atomic E-state index is 0.163. The number of methoxy groups -OCH3 is 3. The largest absolute Gasteiger partial charge is 0.504 e. The monoisotopic (exact) mass is 302 g/mol. The minimum Gasteiger partial charge on any atom is -0.504 e. The third-order valence-corrected chi connectivity index (χ3v) is 3.60. The summed E-state index contributed by atoms with van der Waals surface area (Å²) in [6, 6.07) is 7.73. The second-order valence-electron chi connectivity index (χ2n) is 5.31. The lowest BCUT2D eigenvalue weighted by molar-refractivity contribution is 0.351. The van der Waals surface area contributed by atoms with Crippen LogP contribution in [0.3, 0.4) is 0 Å². The van der Waals surface area contributed by atoms with E-state index in [1.54, 1.807) is 21.3 Å². The van der Waals surface area contributed by atoms with Gasteiger partial charge in [0.05, 0.1) is 21.3 Å². The van der Waals surface area contributed by atoms with E-state index in [0.29, 0.717) is 23.7 Å². The Morgan fingerprint density at radius 1 is 0.773 bits per heavy atom. The third kappa shape index (κ3) is 3.11. The van der Waals surface area contributed by atoms with Crippen molar-refractivity contribution in [2.75, 3.05) is 21.3 Å². The van der Waals surface area contributed by atoms with Crippen LogP contribution in [-0.2, 0) is 6.42 Å². The van der Waals surface area contributed by atoms with E-state index in [-0.39, 0.29) is 5.75 Å². The van der Waals surface area contributed by atoms with Crippen molar-refractivity contribution in [3.05, 3.63) is 46.5 Å². The predicted octanol–water partition coefficient (Wildman–Crippen LogP) is 3.63. The smallest absolute Gasteiger partial charge is 0.164 e. The summed E-state index contributed by atoms with van der Waals surface area (Å²) >= 11 is 0. The maximum absolute atomic E-state index is 10.3. The Bertz CT molecular complexity index is 677. The zero-order valence-electron chi connectivity index (χ0n) is 13.7. The molecule has 0 bridgehead atoms. The molecule has 0 saturated heterocycles. The van der Waals surface area contributed by atoms with Crippen LogP contribution in [0.1, 0.15) is 22.3 Å². The van der Waals surface area contributed by atoms with Gasteiger partial charge in [0.1, 0.15) is 0 Å². The van der Waals surface area contributed by atoms with Gasteiger partial charge in [-0.15, -0.1) is 0 Å². The normalized spacial score (nSPS) is 10.4. The van der Waals surface area contributed by atoms with E-state index in [2.05, 4.69) is 0 Å². The Morgan fingerprint density at radius 3 is 1.86 bits per heavy atom. The molecule has 0 radical (unpaired) electrons. The minimum absolute atomic E-state index is 0.163. The first-order valence-corrected chi connectivity index (χ1v) is 7.08. The molecule has 2 aromatic rings. The standard InChI is InChI=1S/C18H22O4/c1-11-6-13(17(19)15(8-11)20-3)10-14-7-12(2)9-16(21-4)18(14)22-5/h6-9,19H,10H2,1-5H3. The molecule has 0 saturated carbocycles. The molecule has 4 heteroatoms. The van der Waals surface area contributed by atoms with Crippen LogP contribution in [0.4, 0.5) is 0 Å². The number of hydrogen-bond donors (Lipinski definition) is 1. The summed E-state index contributed by atoms with van der Waals surface area (Å²) in [5.74, 6) is 2.02. The van der Waals surface area contributed by atoms with E-state index >= 15 is 0 Å². The summed E-state index contributed by atoms with van der Waals surface area (Å²) in [5, 5.41) is 10.3. The third-order valence-electron chi connectivity index (χ3n) is 3.60. The molecule has 0 aliphatic carbocycles. The lowest BCUT2D eigenvalue weighted by atomic mass is 9.99. The van der Waals surface area contributed by atoms with Gasteiger partial charge in [-0.3, -0.25) is 0 Å². The first-order chi connectivity index (χ1) is 10.5. The van der Waals surface area contributed by atoms with Crippen molar-refractivity contribution in [2.45, 2.75) is 20.3 Å². The Balaban J connectivity index is 2.51. The molecule has 0 aliphatic heterocycles. The summed E-state index contributed by atoms with van der Waals surface area (Å²) in [5.41, 5.74) is 3.86. The molecule has 0 spiro atoms. The molecule has 0 atom stereocenters. The van der Waals surface area contributed by atoms with Crippen LogP contribution in [-0.4, -0.2) is 26.4 Å². The molecular weight excluding hydrogens is 280 g/mol.